The van der Waals surface area contributed by atoms with E-state index in [0.29, 0.717) is 41.8 Å². The van der Waals surface area contributed by atoms with Crippen LogP contribution in [0.5, 0.6) is 11.5 Å². The van der Waals surface area contributed by atoms with Gasteiger partial charge >= 0.3 is 0 Å². The summed E-state index contributed by atoms with van der Waals surface area (Å²) >= 11 is 12.2. The van der Waals surface area contributed by atoms with Crippen LogP contribution in [0.4, 0.5) is 5.69 Å². The van der Waals surface area contributed by atoms with Gasteiger partial charge in [0.1, 0.15) is 12.7 Å². The molecule has 144 valence electrons. The van der Waals surface area contributed by atoms with E-state index in [0.717, 1.165) is 18.0 Å². The van der Waals surface area contributed by atoms with E-state index in [-0.39, 0.29) is 12.0 Å². The van der Waals surface area contributed by atoms with E-state index in [1.807, 2.05) is 24.3 Å². The van der Waals surface area contributed by atoms with Gasteiger partial charge in [0.25, 0.3) is 0 Å². The number of hydrogen-bond acceptors (Lipinski definition) is 4. The summed E-state index contributed by atoms with van der Waals surface area (Å²) < 4.78 is 11.7. The number of halogens is 2. The molecule has 3 rings (SSSR count). The molecule has 5 nitrogen and oxygen atoms in total. The Hall–Kier alpha value is -1.95. The van der Waals surface area contributed by atoms with Crippen molar-refractivity contribution in [1.29, 1.82) is 0 Å². The quantitative estimate of drug-likeness (QED) is 0.733. The van der Waals surface area contributed by atoms with Gasteiger partial charge in [-0.05, 0) is 30.8 Å². The van der Waals surface area contributed by atoms with Gasteiger partial charge in [0.2, 0.25) is 5.91 Å². The smallest absolute Gasteiger partial charge is 0.225 e. The number of ether oxygens (including phenoxy) is 2. The third-order valence-corrected chi connectivity index (χ3v) is 4.99. The highest BCUT2D eigenvalue weighted by Crippen LogP contribution is 2.31. The number of carbonyl (C=O) groups excluding carboxylic acids is 1. The van der Waals surface area contributed by atoms with E-state index < -0.39 is 0 Å². The van der Waals surface area contributed by atoms with Crippen molar-refractivity contribution >= 4 is 34.8 Å². The Morgan fingerprint density at radius 2 is 1.85 bits per heavy atom. The molecule has 1 heterocycles. The maximum atomic E-state index is 12.3. The van der Waals surface area contributed by atoms with Gasteiger partial charge in [0.05, 0.1) is 15.7 Å². The van der Waals surface area contributed by atoms with Crippen molar-refractivity contribution in [3.05, 3.63) is 52.5 Å². The Morgan fingerprint density at radius 1 is 1.15 bits per heavy atom. The van der Waals surface area contributed by atoms with Gasteiger partial charge in [0, 0.05) is 19.5 Å². The molecule has 1 amide bonds. The summed E-state index contributed by atoms with van der Waals surface area (Å²) in [6, 6.07) is 12.8. The molecule has 1 aliphatic heterocycles. The van der Waals surface area contributed by atoms with E-state index in [9.17, 15) is 4.79 Å². The number of fused-ring (bicyclic) bond motifs is 1. The molecule has 1 unspecified atom stereocenters. The molecule has 2 aromatic carbocycles. The predicted molar refractivity (Wildman–Crippen MR) is 108 cm³/mol. The lowest BCUT2D eigenvalue weighted by atomic mass is 10.2. The van der Waals surface area contributed by atoms with Crippen LogP contribution in [-0.4, -0.2) is 43.2 Å². The second-order valence-corrected chi connectivity index (χ2v) is 7.10. The van der Waals surface area contributed by atoms with Gasteiger partial charge < -0.3 is 14.8 Å². The summed E-state index contributed by atoms with van der Waals surface area (Å²) in [5.41, 5.74) is 0.453. The normalized spacial score (nSPS) is 15.6. The molecular weight excluding hydrogens is 387 g/mol. The summed E-state index contributed by atoms with van der Waals surface area (Å²) in [6.07, 6.45) is 0.264. The molecule has 0 aliphatic carbocycles. The molecule has 27 heavy (non-hydrogen) atoms. The molecule has 0 radical (unpaired) electrons. The molecule has 0 saturated carbocycles. The third-order valence-electron chi connectivity index (χ3n) is 4.36. The zero-order valence-electron chi connectivity index (χ0n) is 15.1. The van der Waals surface area contributed by atoms with E-state index in [2.05, 4.69) is 17.1 Å². The molecule has 0 bridgehead atoms. The first-order chi connectivity index (χ1) is 13.1. The lowest BCUT2D eigenvalue weighted by Gasteiger charge is -2.30. The van der Waals surface area contributed by atoms with Gasteiger partial charge in [-0.3, -0.25) is 9.69 Å². The minimum absolute atomic E-state index is 0.0686. The average molecular weight is 409 g/mol. The van der Waals surface area contributed by atoms with Crippen molar-refractivity contribution in [2.75, 3.05) is 31.6 Å². The first kappa shape index (κ1) is 19.8. The number of anilines is 1. The highest BCUT2D eigenvalue weighted by atomic mass is 35.5. The maximum absolute atomic E-state index is 12.3. The highest BCUT2D eigenvalue weighted by molar-refractivity contribution is 6.39. The maximum Gasteiger partial charge on any atom is 0.225 e. The number of nitrogens with one attached hydrogen (secondary N) is 1. The molecule has 1 N–H and O–H groups in total. The second-order valence-electron chi connectivity index (χ2n) is 6.29. The Kier molecular flexibility index (Phi) is 6.83. The van der Waals surface area contributed by atoms with Crippen LogP contribution in [-0.2, 0) is 4.79 Å². The number of amides is 1. The van der Waals surface area contributed by atoms with Crippen LogP contribution in [0.1, 0.15) is 13.3 Å². The van der Waals surface area contributed by atoms with Gasteiger partial charge in [-0.1, -0.05) is 48.3 Å². The summed E-state index contributed by atoms with van der Waals surface area (Å²) in [5, 5.41) is 3.64. The molecule has 0 aromatic heterocycles. The Balaban J connectivity index is 1.50. The molecule has 1 aliphatic rings. The predicted octanol–water partition coefficient (Wildman–Crippen LogP) is 4.48. The van der Waals surface area contributed by atoms with Gasteiger partial charge in [0.15, 0.2) is 11.5 Å². The average Bonchev–Trinajstić information content (AvgIpc) is 2.68. The zero-order chi connectivity index (χ0) is 19.2. The third kappa shape index (κ3) is 5.28. The van der Waals surface area contributed by atoms with Gasteiger partial charge in [-0.2, -0.15) is 0 Å². The number of benzene rings is 2. The van der Waals surface area contributed by atoms with E-state index in [4.69, 9.17) is 32.7 Å². The van der Waals surface area contributed by atoms with Crippen LogP contribution in [0, 0.1) is 0 Å². The lowest BCUT2D eigenvalue weighted by Crippen LogP contribution is -2.41. The van der Waals surface area contributed by atoms with Gasteiger partial charge in [-0.15, -0.1) is 0 Å². The van der Waals surface area contributed by atoms with Crippen molar-refractivity contribution in [3.63, 3.8) is 0 Å². The standard InChI is InChI=1S/C20H22Cl2N2O3/c1-2-24(12-14-13-26-17-8-3-4-9-18(17)27-14)11-10-19(25)23-20-15(21)6-5-7-16(20)22/h3-9,14H,2,10-13H2,1H3,(H,23,25). The summed E-state index contributed by atoms with van der Waals surface area (Å²) in [5.74, 6) is 1.40. The van der Waals surface area contributed by atoms with E-state index in [1.54, 1.807) is 18.2 Å². The summed E-state index contributed by atoms with van der Waals surface area (Å²) in [6.45, 7) is 4.65. The molecule has 0 spiro atoms. The molecular formula is C20H22Cl2N2O3. The van der Waals surface area contributed by atoms with Crippen LogP contribution >= 0.6 is 23.2 Å². The minimum atomic E-state index is -0.130. The fourth-order valence-electron chi connectivity index (χ4n) is 2.90. The second kappa shape index (κ2) is 9.31. The molecule has 0 saturated heterocycles. The number of likely N-dealkylation sites (N-methyl/N-ethyl adjacent to an activating group) is 1. The van der Waals surface area contributed by atoms with Crippen molar-refractivity contribution < 1.29 is 14.3 Å². The summed E-state index contributed by atoms with van der Waals surface area (Å²) in [7, 11) is 0. The fraction of sp³-hybridized carbons (Fsp3) is 0.350. The van der Waals surface area contributed by atoms with Crippen molar-refractivity contribution in [2.45, 2.75) is 19.4 Å². The topological polar surface area (TPSA) is 50.8 Å². The van der Waals surface area contributed by atoms with E-state index >= 15 is 0 Å². The molecule has 2 aromatic rings. The van der Waals surface area contributed by atoms with Crippen molar-refractivity contribution in [3.8, 4) is 11.5 Å². The van der Waals surface area contributed by atoms with E-state index in [1.165, 1.54) is 0 Å². The Morgan fingerprint density at radius 3 is 2.56 bits per heavy atom. The van der Waals surface area contributed by atoms with Crippen LogP contribution in [0.15, 0.2) is 42.5 Å². The Bertz CT molecular complexity index is 780. The fourth-order valence-corrected chi connectivity index (χ4v) is 3.39. The Labute approximate surface area is 169 Å². The number of carbonyl (C=O) groups is 1. The zero-order valence-corrected chi connectivity index (χ0v) is 16.6. The van der Waals surface area contributed by atoms with Crippen LogP contribution in [0.2, 0.25) is 10.0 Å². The summed E-state index contributed by atoms with van der Waals surface area (Å²) in [4.78, 5) is 14.4. The van der Waals surface area contributed by atoms with Crippen molar-refractivity contribution in [1.82, 2.24) is 4.90 Å². The lowest BCUT2D eigenvalue weighted by molar-refractivity contribution is -0.116. The molecule has 0 fully saturated rings. The van der Waals surface area contributed by atoms with Crippen molar-refractivity contribution in [2.24, 2.45) is 0 Å². The largest absolute Gasteiger partial charge is 0.486 e. The SMILES string of the molecule is CCN(CCC(=O)Nc1c(Cl)cccc1Cl)CC1COc2ccccc2O1. The number of rotatable bonds is 7. The van der Waals surface area contributed by atoms with Crippen LogP contribution in [0.3, 0.4) is 0 Å². The highest BCUT2D eigenvalue weighted by Gasteiger charge is 2.23. The number of hydrogen-bond donors (Lipinski definition) is 1. The molecule has 7 heteroatoms. The monoisotopic (exact) mass is 408 g/mol. The van der Waals surface area contributed by atoms with Crippen LogP contribution in [0.25, 0.3) is 0 Å². The van der Waals surface area contributed by atoms with Gasteiger partial charge in [-0.25, -0.2) is 0 Å². The first-order valence-electron chi connectivity index (χ1n) is 8.91. The van der Waals surface area contributed by atoms with Crippen LogP contribution < -0.4 is 14.8 Å². The molecule has 1 atom stereocenters. The number of para-hydroxylation sites is 3. The first-order valence-corrected chi connectivity index (χ1v) is 9.67. The minimum Gasteiger partial charge on any atom is -0.486 e. The number of nitrogens with zero attached hydrogens (tertiary/aromatic N) is 1.